The molecule has 28 heavy (non-hydrogen) atoms. The van der Waals surface area contributed by atoms with E-state index >= 15 is 0 Å². The van der Waals surface area contributed by atoms with Crippen molar-refractivity contribution in [3.8, 4) is 17.0 Å². The fourth-order valence-electron chi connectivity index (χ4n) is 2.96. The first kappa shape index (κ1) is 18.0. The van der Waals surface area contributed by atoms with E-state index < -0.39 is 0 Å². The van der Waals surface area contributed by atoms with Crippen LogP contribution >= 0.6 is 11.6 Å². The number of aromatic nitrogens is 3. The van der Waals surface area contributed by atoms with E-state index in [1.807, 2.05) is 36.4 Å². The second kappa shape index (κ2) is 7.32. The molecule has 1 N–H and O–H groups in total. The Labute approximate surface area is 166 Å². The van der Waals surface area contributed by atoms with Gasteiger partial charge in [0.1, 0.15) is 11.6 Å². The fourth-order valence-corrected chi connectivity index (χ4v) is 3.22. The van der Waals surface area contributed by atoms with Gasteiger partial charge in [-0.3, -0.25) is 14.5 Å². The summed E-state index contributed by atoms with van der Waals surface area (Å²) in [5.41, 5.74) is 2.68. The molecule has 1 amide bonds. The average molecular weight is 393 g/mol. The zero-order valence-electron chi connectivity index (χ0n) is 15.3. The predicted octanol–water partition coefficient (Wildman–Crippen LogP) is 4.55. The Kier molecular flexibility index (Phi) is 4.71. The fraction of sp³-hybridized carbons (Fsp3) is 0.0952. The highest BCUT2D eigenvalue weighted by atomic mass is 35.5. The number of pyridine rings is 1. The van der Waals surface area contributed by atoms with Crippen LogP contribution in [0.25, 0.3) is 22.2 Å². The lowest BCUT2D eigenvalue weighted by Gasteiger charge is -2.08. The standard InChI is InChI=1S/C21H17ClN4O2/c1-26-20(12-19(25-26)13-5-3-7-15(9-13)28-2)24-21(27)16-11-18-14(10-17(16)22)6-4-8-23-18/h3-12H,1-2H3,(H,24,27). The van der Waals surface area contributed by atoms with E-state index in [1.54, 1.807) is 43.2 Å². The highest BCUT2D eigenvalue weighted by Gasteiger charge is 2.15. The van der Waals surface area contributed by atoms with Gasteiger partial charge in [-0.15, -0.1) is 0 Å². The summed E-state index contributed by atoms with van der Waals surface area (Å²) in [5.74, 6) is 0.974. The summed E-state index contributed by atoms with van der Waals surface area (Å²) in [6.45, 7) is 0. The van der Waals surface area contributed by atoms with Gasteiger partial charge in [-0.1, -0.05) is 29.8 Å². The number of rotatable bonds is 4. The molecule has 0 saturated heterocycles. The number of hydrogen-bond acceptors (Lipinski definition) is 4. The maximum Gasteiger partial charge on any atom is 0.258 e. The van der Waals surface area contributed by atoms with Crippen LogP contribution in [0.2, 0.25) is 5.02 Å². The summed E-state index contributed by atoms with van der Waals surface area (Å²) in [4.78, 5) is 17.1. The summed E-state index contributed by atoms with van der Waals surface area (Å²) in [5, 5.41) is 8.59. The van der Waals surface area contributed by atoms with Crippen LogP contribution in [-0.2, 0) is 7.05 Å². The quantitative estimate of drug-likeness (QED) is 0.553. The summed E-state index contributed by atoms with van der Waals surface area (Å²) >= 11 is 6.31. The number of nitrogens with zero attached hydrogens (tertiary/aromatic N) is 3. The number of nitrogens with one attached hydrogen (secondary N) is 1. The van der Waals surface area contributed by atoms with Gasteiger partial charge in [0.25, 0.3) is 5.91 Å². The smallest absolute Gasteiger partial charge is 0.258 e. The van der Waals surface area contributed by atoms with E-state index in [0.29, 0.717) is 21.9 Å². The SMILES string of the molecule is COc1cccc(-c2cc(NC(=O)c3cc4ncccc4cc3Cl)n(C)n2)c1. The van der Waals surface area contributed by atoms with Crippen molar-refractivity contribution >= 4 is 34.2 Å². The Morgan fingerprint density at radius 1 is 1.14 bits per heavy atom. The molecule has 6 nitrogen and oxygen atoms in total. The van der Waals surface area contributed by atoms with Crippen molar-refractivity contribution in [2.75, 3.05) is 12.4 Å². The van der Waals surface area contributed by atoms with E-state index in [-0.39, 0.29) is 5.91 Å². The Hall–Kier alpha value is -3.38. The molecular weight excluding hydrogens is 376 g/mol. The number of halogens is 1. The van der Waals surface area contributed by atoms with Crippen molar-refractivity contribution in [3.05, 3.63) is 71.4 Å². The maximum absolute atomic E-state index is 12.8. The minimum atomic E-state index is -0.322. The number of methoxy groups -OCH3 is 1. The minimum Gasteiger partial charge on any atom is -0.497 e. The van der Waals surface area contributed by atoms with Gasteiger partial charge < -0.3 is 10.1 Å². The number of amides is 1. The van der Waals surface area contributed by atoms with Gasteiger partial charge in [0.05, 0.1) is 28.9 Å². The molecule has 2 aromatic heterocycles. The third-order valence-corrected chi connectivity index (χ3v) is 4.74. The van der Waals surface area contributed by atoms with Crippen LogP contribution in [0.4, 0.5) is 5.82 Å². The Morgan fingerprint density at radius 3 is 2.82 bits per heavy atom. The summed E-state index contributed by atoms with van der Waals surface area (Å²) < 4.78 is 6.87. The molecular formula is C21H17ClN4O2. The van der Waals surface area contributed by atoms with Gasteiger partial charge in [-0.05, 0) is 30.3 Å². The van der Waals surface area contributed by atoms with Crippen LogP contribution in [0.15, 0.2) is 60.8 Å². The first-order valence-electron chi connectivity index (χ1n) is 8.59. The molecule has 0 fully saturated rings. The largest absolute Gasteiger partial charge is 0.497 e. The van der Waals surface area contributed by atoms with Crippen LogP contribution in [-0.4, -0.2) is 27.8 Å². The normalized spacial score (nSPS) is 10.8. The van der Waals surface area contributed by atoms with E-state index in [1.165, 1.54) is 0 Å². The number of anilines is 1. The lowest BCUT2D eigenvalue weighted by molar-refractivity contribution is 0.102. The molecule has 0 unspecified atom stereocenters. The van der Waals surface area contributed by atoms with Crippen LogP contribution in [0.3, 0.4) is 0 Å². The van der Waals surface area contributed by atoms with Crippen LogP contribution in [0, 0.1) is 0 Å². The van der Waals surface area contributed by atoms with E-state index in [2.05, 4.69) is 15.4 Å². The molecule has 0 bridgehead atoms. The lowest BCUT2D eigenvalue weighted by atomic mass is 10.1. The highest BCUT2D eigenvalue weighted by Crippen LogP contribution is 2.27. The number of ether oxygens (including phenoxy) is 1. The van der Waals surface area contributed by atoms with E-state index in [4.69, 9.17) is 16.3 Å². The van der Waals surface area contributed by atoms with Gasteiger partial charge >= 0.3 is 0 Å². The number of aryl methyl sites for hydroxylation is 1. The molecule has 0 aliphatic carbocycles. The summed E-state index contributed by atoms with van der Waals surface area (Å²) in [7, 11) is 3.38. The predicted molar refractivity (Wildman–Crippen MR) is 110 cm³/mol. The molecule has 0 radical (unpaired) electrons. The number of hydrogen-bond donors (Lipinski definition) is 1. The third-order valence-electron chi connectivity index (χ3n) is 4.42. The first-order valence-corrected chi connectivity index (χ1v) is 8.97. The van der Waals surface area contributed by atoms with Crippen molar-refractivity contribution in [2.45, 2.75) is 0 Å². The molecule has 4 rings (SSSR count). The lowest BCUT2D eigenvalue weighted by Crippen LogP contribution is -2.15. The van der Waals surface area contributed by atoms with Crippen molar-refractivity contribution in [3.63, 3.8) is 0 Å². The molecule has 140 valence electrons. The molecule has 4 aromatic rings. The number of benzene rings is 2. The number of fused-ring (bicyclic) bond motifs is 1. The Morgan fingerprint density at radius 2 is 2.00 bits per heavy atom. The van der Waals surface area contributed by atoms with Gasteiger partial charge in [0.15, 0.2) is 0 Å². The van der Waals surface area contributed by atoms with Gasteiger partial charge in [0.2, 0.25) is 0 Å². The van der Waals surface area contributed by atoms with Crippen LogP contribution in [0.1, 0.15) is 10.4 Å². The zero-order chi connectivity index (χ0) is 19.7. The van der Waals surface area contributed by atoms with Gasteiger partial charge in [-0.25, -0.2) is 0 Å². The summed E-state index contributed by atoms with van der Waals surface area (Å²) in [6.07, 6.45) is 1.68. The van der Waals surface area contributed by atoms with Crippen molar-refractivity contribution in [1.82, 2.24) is 14.8 Å². The molecule has 0 spiro atoms. The second-order valence-corrected chi connectivity index (χ2v) is 6.66. The molecule has 0 atom stereocenters. The topological polar surface area (TPSA) is 69.0 Å². The number of carbonyl (C=O) groups excluding carboxylic acids is 1. The molecule has 7 heteroatoms. The third kappa shape index (κ3) is 3.42. The molecule has 2 heterocycles. The Bertz CT molecular complexity index is 1190. The van der Waals surface area contributed by atoms with Crippen molar-refractivity contribution < 1.29 is 9.53 Å². The zero-order valence-corrected chi connectivity index (χ0v) is 16.1. The second-order valence-electron chi connectivity index (χ2n) is 6.25. The van der Waals surface area contributed by atoms with Crippen molar-refractivity contribution in [2.24, 2.45) is 7.05 Å². The average Bonchev–Trinajstić information content (AvgIpc) is 3.07. The molecule has 0 aliphatic rings. The summed E-state index contributed by atoms with van der Waals surface area (Å²) in [6, 6.07) is 16.5. The van der Waals surface area contributed by atoms with E-state index in [9.17, 15) is 4.79 Å². The van der Waals surface area contributed by atoms with Crippen LogP contribution in [0.5, 0.6) is 5.75 Å². The molecule has 2 aromatic carbocycles. The minimum absolute atomic E-state index is 0.322. The van der Waals surface area contributed by atoms with Crippen molar-refractivity contribution in [1.29, 1.82) is 0 Å². The first-order chi connectivity index (χ1) is 13.5. The Balaban J connectivity index is 1.63. The van der Waals surface area contributed by atoms with Gasteiger partial charge in [0, 0.05) is 30.3 Å². The highest BCUT2D eigenvalue weighted by molar-refractivity contribution is 6.35. The molecule has 0 saturated carbocycles. The van der Waals surface area contributed by atoms with E-state index in [0.717, 1.165) is 22.4 Å². The monoisotopic (exact) mass is 392 g/mol. The maximum atomic E-state index is 12.8. The van der Waals surface area contributed by atoms with Crippen LogP contribution < -0.4 is 10.1 Å². The number of carbonyl (C=O) groups is 1. The van der Waals surface area contributed by atoms with Gasteiger partial charge in [-0.2, -0.15) is 5.10 Å². The molecule has 0 aliphatic heterocycles.